The van der Waals surface area contributed by atoms with Crippen LogP contribution in [0.1, 0.15) is 12.0 Å². The number of nitrogens with zero attached hydrogens (tertiary/aromatic N) is 1. The number of carbonyl (C=O) groups excluding carboxylic acids is 1. The first-order valence-corrected chi connectivity index (χ1v) is 4.67. The molecule has 0 aliphatic rings. The van der Waals surface area contributed by atoms with Gasteiger partial charge in [-0.1, -0.05) is 30.3 Å². The fourth-order valence-electron chi connectivity index (χ4n) is 1.17. The molecule has 0 saturated carbocycles. The standard InChI is InChI=1S/C11H9NO5/c13-10(7-11(14)15)9(12(16)17)6-8-4-2-1-3-5-8/h1-6H,7H2,(H,14,15). The van der Waals surface area contributed by atoms with Gasteiger partial charge in [0.2, 0.25) is 5.78 Å². The zero-order chi connectivity index (χ0) is 12.8. The molecule has 0 radical (unpaired) electrons. The smallest absolute Gasteiger partial charge is 0.313 e. The van der Waals surface area contributed by atoms with Crippen LogP contribution in [-0.2, 0) is 9.59 Å². The third-order valence-corrected chi connectivity index (χ3v) is 1.90. The summed E-state index contributed by atoms with van der Waals surface area (Å²) in [5.41, 5.74) is -0.253. The summed E-state index contributed by atoms with van der Waals surface area (Å²) in [6.45, 7) is 0. The number of hydrogen-bond acceptors (Lipinski definition) is 4. The SMILES string of the molecule is O=C(O)CC(=O)C(=Cc1ccccc1)[N+](=O)[O-]. The van der Waals surface area contributed by atoms with Crippen molar-refractivity contribution < 1.29 is 19.6 Å². The quantitative estimate of drug-likeness (QED) is 0.359. The lowest BCUT2D eigenvalue weighted by molar-refractivity contribution is -0.417. The fourth-order valence-corrected chi connectivity index (χ4v) is 1.17. The highest BCUT2D eigenvalue weighted by molar-refractivity contribution is 6.05. The van der Waals surface area contributed by atoms with Crippen LogP contribution in [0.4, 0.5) is 0 Å². The number of carboxylic acids is 1. The van der Waals surface area contributed by atoms with Crippen molar-refractivity contribution in [3.05, 3.63) is 51.7 Å². The van der Waals surface area contributed by atoms with Gasteiger partial charge in [0, 0.05) is 6.08 Å². The van der Waals surface area contributed by atoms with Gasteiger partial charge in [-0.05, 0) is 5.56 Å². The number of carboxylic acid groups (broad SMARTS) is 1. The van der Waals surface area contributed by atoms with E-state index in [-0.39, 0.29) is 0 Å². The lowest BCUT2D eigenvalue weighted by Gasteiger charge is -1.96. The van der Waals surface area contributed by atoms with Gasteiger partial charge >= 0.3 is 11.7 Å². The molecule has 1 N–H and O–H groups in total. The first-order chi connectivity index (χ1) is 8.00. The lowest BCUT2D eigenvalue weighted by Crippen LogP contribution is -2.15. The molecule has 88 valence electrons. The molecule has 0 atom stereocenters. The Kier molecular flexibility index (Phi) is 4.10. The summed E-state index contributed by atoms with van der Waals surface area (Å²) in [4.78, 5) is 31.4. The van der Waals surface area contributed by atoms with Crippen molar-refractivity contribution in [3.8, 4) is 0 Å². The fraction of sp³-hybridized carbons (Fsp3) is 0.0909. The molecule has 0 fully saturated rings. The lowest BCUT2D eigenvalue weighted by atomic mass is 10.1. The number of nitro groups is 1. The number of aliphatic carboxylic acids is 1. The first kappa shape index (κ1) is 12.6. The van der Waals surface area contributed by atoms with E-state index in [0.29, 0.717) is 5.56 Å². The summed E-state index contributed by atoms with van der Waals surface area (Å²) in [5, 5.41) is 19.1. The summed E-state index contributed by atoms with van der Waals surface area (Å²) in [7, 11) is 0. The van der Waals surface area contributed by atoms with E-state index in [1.807, 2.05) is 0 Å². The second-order valence-corrected chi connectivity index (χ2v) is 3.19. The topological polar surface area (TPSA) is 97.5 Å². The molecule has 1 rings (SSSR count). The third kappa shape index (κ3) is 3.86. The molecule has 0 aliphatic heterocycles. The van der Waals surface area contributed by atoms with Crippen molar-refractivity contribution in [3.63, 3.8) is 0 Å². The van der Waals surface area contributed by atoms with Crippen LogP contribution < -0.4 is 0 Å². The average molecular weight is 235 g/mol. The molecule has 0 aromatic heterocycles. The maximum atomic E-state index is 11.3. The van der Waals surface area contributed by atoms with Gasteiger partial charge < -0.3 is 5.11 Å². The van der Waals surface area contributed by atoms with Gasteiger partial charge in [0.15, 0.2) is 0 Å². The Hall–Kier alpha value is -2.50. The Morgan fingerprint density at radius 2 is 1.88 bits per heavy atom. The van der Waals surface area contributed by atoms with E-state index in [1.54, 1.807) is 30.3 Å². The van der Waals surface area contributed by atoms with Crippen molar-refractivity contribution >= 4 is 17.8 Å². The van der Waals surface area contributed by atoms with Crippen molar-refractivity contribution in [2.45, 2.75) is 6.42 Å². The number of ketones is 1. The average Bonchev–Trinajstić information content (AvgIpc) is 2.25. The molecule has 0 amide bonds. The minimum absolute atomic E-state index is 0.470. The summed E-state index contributed by atoms with van der Waals surface area (Å²) in [6.07, 6.45) is 0.172. The highest BCUT2D eigenvalue weighted by Crippen LogP contribution is 2.09. The van der Waals surface area contributed by atoms with Crippen LogP contribution in [0.25, 0.3) is 6.08 Å². The van der Waals surface area contributed by atoms with Crippen LogP contribution in [0.2, 0.25) is 0 Å². The van der Waals surface area contributed by atoms with Gasteiger partial charge in [0.05, 0.1) is 4.92 Å². The van der Waals surface area contributed by atoms with E-state index < -0.39 is 28.8 Å². The Morgan fingerprint density at radius 1 is 1.29 bits per heavy atom. The minimum Gasteiger partial charge on any atom is -0.481 e. The van der Waals surface area contributed by atoms with E-state index in [4.69, 9.17) is 5.11 Å². The van der Waals surface area contributed by atoms with Crippen LogP contribution in [-0.4, -0.2) is 21.8 Å². The number of benzene rings is 1. The molecule has 1 aromatic carbocycles. The van der Waals surface area contributed by atoms with E-state index in [9.17, 15) is 19.7 Å². The Balaban J connectivity index is 3.02. The Bertz CT molecular complexity index is 478. The van der Waals surface area contributed by atoms with Crippen LogP contribution in [0.3, 0.4) is 0 Å². The molecule has 0 unspecified atom stereocenters. The molecular weight excluding hydrogens is 226 g/mol. The summed E-state index contributed by atoms with van der Waals surface area (Å²) >= 11 is 0. The molecule has 6 heteroatoms. The molecule has 1 aromatic rings. The van der Waals surface area contributed by atoms with Gasteiger partial charge in [0.1, 0.15) is 6.42 Å². The predicted octanol–water partition coefficient (Wildman–Crippen LogP) is 1.35. The van der Waals surface area contributed by atoms with E-state index in [1.165, 1.54) is 0 Å². The number of hydrogen-bond donors (Lipinski definition) is 1. The molecule has 6 nitrogen and oxygen atoms in total. The third-order valence-electron chi connectivity index (χ3n) is 1.90. The molecular formula is C11H9NO5. The predicted molar refractivity (Wildman–Crippen MR) is 58.7 cm³/mol. The van der Waals surface area contributed by atoms with Crippen molar-refractivity contribution in [1.82, 2.24) is 0 Å². The van der Waals surface area contributed by atoms with Gasteiger partial charge in [0.25, 0.3) is 0 Å². The number of Topliss-reactive ketones (excluding diaryl/α,β-unsaturated/α-hetero) is 1. The molecule has 0 heterocycles. The van der Waals surface area contributed by atoms with Gasteiger partial charge in [-0.3, -0.25) is 19.7 Å². The molecule has 0 saturated heterocycles. The van der Waals surface area contributed by atoms with Crippen LogP contribution in [0.15, 0.2) is 36.0 Å². The zero-order valence-corrected chi connectivity index (χ0v) is 8.70. The zero-order valence-electron chi connectivity index (χ0n) is 8.70. The van der Waals surface area contributed by atoms with Crippen molar-refractivity contribution in [2.75, 3.05) is 0 Å². The number of carbonyl (C=O) groups is 2. The largest absolute Gasteiger partial charge is 0.481 e. The molecule has 0 bridgehead atoms. The maximum absolute atomic E-state index is 11.3. The van der Waals surface area contributed by atoms with Gasteiger partial charge in [-0.15, -0.1) is 0 Å². The van der Waals surface area contributed by atoms with Crippen LogP contribution in [0.5, 0.6) is 0 Å². The van der Waals surface area contributed by atoms with Crippen molar-refractivity contribution in [2.24, 2.45) is 0 Å². The second kappa shape index (κ2) is 5.55. The Morgan fingerprint density at radius 3 is 2.35 bits per heavy atom. The maximum Gasteiger partial charge on any atom is 0.313 e. The summed E-state index contributed by atoms with van der Waals surface area (Å²) < 4.78 is 0. The summed E-state index contributed by atoms with van der Waals surface area (Å²) in [6, 6.07) is 8.20. The highest BCUT2D eigenvalue weighted by Gasteiger charge is 2.23. The van der Waals surface area contributed by atoms with Crippen LogP contribution in [0, 0.1) is 10.1 Å². The monoisotopic (exact) mass is 235 g/mol. The van der Waals surface area contributed by atoms with Crippen molar-refractivity contribution in [1.29, 1.82) is 0 Å². The normalized spacial score (nSPS) is 10.9. The second-order valence-electron chi connectivity index (χ2n) is 3.19. The Labute approximate surface area is 96.3 Å². The van der Waals surface area contributed by atoms with Gasteiger partial charge in [-0.2, -0.15) is 0 Å². The number of allylic oxidation sites excluding steroid dienone is 1. The van der Waals surface area contributed by atoms with Gasteiger partial charge in [-0.25, -0.2) is 0 Å². The first-order valence-electron chi connectivity index (χ1n) is 4.67. The molecule has 17 heavy (non-hydrogen) atoms. The highest BCUT2D eigenvalue weighted by atomic mass is 16.6. The molecule has 0 spiro atoms. The summed E-state index contributed by atoms with van der Waals surface area (Å²) in [5.74, 6) is -2.41. The minimum atomic E-state index is -1.39. The van der Waals surface area contributed by atoms with Crippen LogP contribution >= 0.6 is 0 Å². The molecule has 0 aliphatic carbocycles. The number of rotatable bonds is 5. The van der Waals surface area contributed by atoms with E-state index in [2.05, 4.69) is 0 Å². The van der Waals surface area contributed by atoms with E-state index >= 15 is 0 Å². The van der Waals surface area contributed by atoms with E-state index in [0.717, 1.165) is 6.08 Å².